The van der Waals surface area contributed by atoms with Gasteiger partial charge in [-0.15, -0.1) is 11.8 Å². The van der Waals surface area contributed by atoms with Crippen LogP contribution in [0.5, 0.6) is 0 Å². The number of allylic oxidation sites excluding steroid dienone is 1. The Balaban J connectivity index is 2.08. The van der Waals surface area contributed by atoms with E-state index >= 15 is 0 Å². The Morgan fingerprint density at radius 2 is 1.38 bits per heavy atom. The SMILES string of the molecule is CC(C)(C)/C=C(\CSc1ccccc1)Sc1ccccc1. The molecule has 0 amide bonds. The van der Waals surface area contributed by atoms with Crippen LogP contribution < -0.4 is 0 Å². The molecule has 0 aliphatic heterocycles. The minimum absolute atomic E-state index is 0.203. The molecule has 0 fully saturated rings. The molecule has 0 N–H and O–H groups in total. The van der Waals surface area contributed by atoms with Crippen LogP contribution in [0.1, 0.15) is 20.8 Å². The number of rotatable bonds is 5. The average molecular weight is 315 g/mol. The monoisotopic (exact) mass is 314 g/mol. The van der Waals surface area contributed by atoms with E-state index in [2.05, 4.69) is 87.5 Å². The second-order valence-corrected chi connectivity index (χ2v) is 8.24. The van der Waals surface area contributed by atoms with E-state index < -0.39 is 0 Å². The van der Waals surface area contributed by atoms with Crippen molar-refractivity contribution in [2.45, 2.75) is 30.6 Å². The van der Waals surface area contributed by atoms with Gasteiger partial charge in [0.1, 0.15) is 0 Å². The Morgan fingerprint density at radius 3 is 1.90 bits per heavy atom. The first-order valence-electron chi connectivity index (χ1n) is 7.15. The standard InChI is InChI=1S/C19H22S2/c1-19(2,3)14-18(21-17-12-8-5-9-13-17)15-20-16-10-6-4-7-11-16/h4-14H,15H2,1-3H3/b18-14+. The summed E-state index contributed by atoms with van der Waals surface area (Å²) in [6.45, 7) is 6.77. The van der Waals surface area contributed by atoms with Crippen molar-refractivity contribution in [1.29, 1.82) is 0 Å². The number of thioether (sulfide) groups is 2. The minimum Gasteiger partial charge on any atom is -0.121 e. The Hall–Kier alpha value is -1.12. The summed E-state index contributed by atoms with van der Waals surface area (Å²) in [5.41, 5.74) is 0.203. The lowest BCUT2D eigenvalue weighted by Gasteiger charge is -2.16. The van der Waals surface area contributed by atoms with Gasteiger partial charge in [0.25, 0.3) is 0 Å². The molecule has 0 bridgehead atoms. The predicted molar refractivity (Wildman–Crippen MR) is 97.0 cm³/mol. The fourth-order valence-corrected chi connectivity index (χ4v) is 4.06. The summed E-state index contributed by atoms with van der Waals surface area (Å²) in [6, 6.07) is 21.2. The maximum absolute atomic E-state index is 2.39. The first-order valence-corrected chi connectivity index (χ1v) is 8.96. The van der Waals surface area contributed by atoms with Gasteiger partial charge in [0.05, 0.1) is 0 Å². The van der Waals surface area contributed by atoms with Crippen molar-refractivity contribution in [2.24, 2.45) is 5.41 Å². The van der Waals surface area contributed by atoms with Gasteiger partial charge in [-0.05, 0) is 34.6 Å². The summed E-state index contributed by atoms with van der Waals surface area (Å²) in [5.74, 6) is 1.01. The molecule has 2 rings (SSSR count). The molecule has 0 radical (unpaired) electrons. The summed E-state index contributed by atoms with van der Waals surface area (Å²) in [5, 5.41) is 0. The van der Waals surface area contributed by atoms with E-state index in [1.165, 1.54) is 14.7 Å². The van der Waals surface area contributed by atoms with E-state index in [1.54, 1.807) is 0 Å². The van der Waals surface area contributed by atoms with Gasteiger partial charge in [0.15, 0.2) is 0 Å². The van der Waals surface area contributed by atoms with E-state index in [1.807, 2.05) is 23.5 Å². The molecule has 2 heteroatoms. The molecule has 0 spiro atoms. The van der Waals surface area contributed by atoms with Crippen LogP contribution in [0.15, 0.2) is 81.4 Å². The second kappa shape index (κ2) is 7.77. The van der Waals surface area contributed by atoms with Crippen molar-refractivity contribution in [3.05, 3.63) is 71.6 Å². The Morgan fingerprint density at radius 1 is 0.857 bits per heavy atom. The van der Waals surface area contributed by atoms with Crippen molar-refractivity contribution in [3.63, 3.8) is 0 Å². The van der Waals surface area contributed by atoms with Crippen LogP contribution in [0.3, 0.4) is 0 Å². The molecule has 0 aliphatic rings. The van der Waals surface area contributed by atoms with E-state index in [0.717, 1.165) is 5.75 Å². The molecule has 0 heterocycles. The Kier molecular flexibility index (Phi) is 6.01. The molecule has 0 saturated carbocycles. The van der Waals surface area contributed by atoms with E-state index in [-0.39, 0.29) is 5.41 Å². The van der Waals surface area contributed by atoms with Crippen LogP contribution >= 0.6 is 23.5 Å². The summed E-state index contributed by atoms with van der Waals surface area (Å²) in [7, 11) is 0. The minimum atomic E-state index is 0.203. The summed E-state index contributed by atoms with van der Waals surface area (Å²) in [6.07, 6.45) is 2.39. The van der Waals surface area contributed by atoms with E-state index in [0.29, 0.717) is 0 Å². The lowest BCUT2D eigenvalue weighted by Crippen LogP contribution is -2.01. The zero-order valence-electron chi connectivity index (χ0n) is 12.9. The molecule has 0 aromatic heterocycles. The van der Waals surface area contributed by atoms with Crippen LogP contribution in [-0.2, 0) is 0 Å². The fourth-order valence-electron chi connectivity index (χ4n) is 1.89. The van der Waals surface area contributed by atoms with Gasteiger partial charge in [0.2, 0.25) is 0 Å². The lowest BCUT2D eigenvalue weighted by molar-refractivity contribution is 0.543. The number of benzene rings is 2. The van der Waals surface area contributed by atoms with Crippen LogP contribution in [-0.4, -0.2) is 5.75 Å². The Bertz CT molecular complexity index is 566. The first-order chi connectivity index (χ1) is 10.0. The maximum Gasteiger partial charge on any atom is 0.0292 e. The van der Waals surface area contributed by atoms with Crippen LogP contribution in [0.25, 0.3) is 0 Å². The highest BCUT2D eigenvalue weighted by atomic mass is 32.2. The summed E-state index contributed by atoms with van der Waals surface area (Å²) < 4.78 is 0. The molecule has 0 atom stereocenters. The topological polar surface area (TPSA) is 0 Å². The van der Waals surface area contributed by atoms with Crippen LogP contribution in [0.4, 0.5) is 0 Å². The van der Waals surface area contributed by atoms with Gasteiger partial charge in [-0.2, -0.15) is 0 Å². The third kappa shape index (κ3) is 6.45. The molecule has 21 heavy (non-hydrogen) atoms. The highest BCUT2D eigenvalue weighted by Gasteiger charge is 2.10. The molecule has 0 aliphatic carbocycles. The van der Waals surface area contributed by atoms with Crippen molar-refractivity contribution in [3.8, 4) is 0 Å². The quantitative estimate of drug-likeness (QED) is 0.578. The van der Waals surface area contributed by atoms with Crippen molar-refractivity contribution in [2.75, 3.05) is 5.75 Å². The van der Waals surface area contributed by atoms with Gasteiger partial charge >= 0.3 is 0 Å². The van der Waals surface area contributed by atoms with E-state index in [4.69, 9.17) is 0 Å². The number of hydrogen-bond acceptors (Lipinski definition) is 2. The maximum atomic E-state index is 2.39. The second-order valence-electron chi connectivity index (χ2n) is 5.99. The first kappa shape index (κ1) is 16.3. The largest absolute Gasteiger partial charge is 0.121 e. The highest BCUT2D eigenvalue weighted by molar-refractivity contribution is 8.06. The number of hydrogen-bond donors (Lipinski definition) is 0. The van der Waals surface area contributed by atoms with Gasteiger partial charge in [-0.1, -0.05) is 75.0 Å². The van der Waals surface area contributed by atoms with Crippen LogP contribution in [0, 0.1) is 5.41 Å². The third-order valence-corrected chi connectivity index (χ3v) is 4.99. The highest BCUT2D eigenvalue weighted by Crippen LogP contribution is 2.34. The van der Waals surface area contributed by atoms with Crippen molar-refractivity contribution < 1.29 is 0 Å². The summed E-state index contributed by atoms with van der Waals surface area (Å²) >= 11 is 3.77. The van der Waals surface area contributed by atoms with Gasteiger partial charge in [0, 0.05) is 15.5 Å². The van der Waals surface area contributed by atoms with Crippen molar-refractivity contribution in [1.82, 2.24) is 0 Å². The fraction of sp³-hybridized carbons (Fsp3) is 0.263. The van der Waals surface area contributed by atoms with Gasteiger partial charge < -0.3 is 0 Å². The Labute approximate surface area is 137 Å². The zero-order chi connectivity index (χ0) is 15.1. The van der Waals surface area contributed by atoms with Gasteiger partial charge in [-0.25, -0.2) is 0 Å². The summed E-state index contributed by atoms with van der Waals surface area (Å²) in [4.78, 5) is 4.05. The molecule has 0 nitrogen and oxygen atoms in total. The zero-order valence-corrected chi connectivity index (χ0v) is 14.5. The van der Waals surface area contributed by atoms with Crippen molar-refractivity contribution >= 4 is 23.5 Å². The normalized spacial score (nSPS) is 12.4. The smallest absolute Gasteiger partial charge is 0.0292 e. The molecular formula is C19H22S2. The molecule has 110 valence electrons. The van der Waals surface area contributed by atoms with E-state index in [9.17, 15) is 0 Å². The molecular weight excluding hydrogens is 292 g/mol. The molecule has 0 saturated heterocycles. The third-order valence-electron chi connectivity index (χ3n) is 2.71. The lowest BCUT2D eigenvalue weighted by atomic mass is 9.96. The average Bonchev–Trinajstić information content (AvgIpc) is 2.45. The molecule has 2 aromatic carbocycles. The molecule has 2 aromatic rings. The molecule has 0 unspecified atom stereocenters. The van der Waals surface area contributed by atoms with Gasteiger partial charge in [-0.3, -0.25) is 0 Å². The van der Waals surface area contributed by atoms with Crippen LogP contribution in [0.2, 0.25) is 0 Å². The predicted octanol–water partition coefficient (Wildman–Crippen LogP) is 6.50.